The Bertz CT molecular complexity index is 469. The number of aliphatic hydroxyl groups is 1. The van der Waals surface area contributed by atoms with E-state index in [1.54, 1.807) is 20.8 Å². The number of amides is 1. The summed E-state index contributed by atoms with van der Waals surface area (Å²) in [5.74, 6) is 0. The Kier molecular flexibility index (Phi) is 7.39. The molecular formula is C16H24N2O4. The van der Waals surface area contributed by atoms with Crippen LogP contribution in [0.15, 0.2) is 35.5 Å². The van der Waals surface area contributed by atoms with Crippen molar-refractivity contribution in [2.45, 2.75) is 33.0 Å². The molecule has 0 saturated heterocycles. The smallest absolute Gasteiger partial charge is 0.410 e. The van der Waals surface area contributed by atoms with E-state index in [0.717, 1.165) is 5.56 Å². The van der Waals surface area contributed by atoms with Crippen molar-refractivity contribution in [3.63, 3.8) is 0 Å². The maximum atomic E-state index is 11.9. The molecule has 0 bridgehead atoms. The van der Waals surface area contributed by atoms with E-state index in [9.17, 15) is 4.79 Å². The zero-order valence-electron chi connectivity index (χ0n) is 13.4. The Balaban J connectivity index is 2.40. The molecule has 0 saturated carbocycles. The molecule has 0 spiro atoms. The van der Waals surface area contributed by atoms with Crippen LogP contribution in [0.3, 0.4) is 0 Å². The van der Waals surface area contributed by atoms with Crippen LogP contribution in [0.5, 0.6) is 0 Å². The van der Waals surface area contributed by atoms with Gasteiger partial charge in [0.2, 0.25) is 0 Å². The molecule has 1 rings (SSSR count). The average Bonchev–Trinajstić information content (AvgIpc) is 2.45. The van der Waals surface area contributed by atoms with Crippen LogP contribution in [0.1, 0.15) is 26.3 Å². The highest BCUT2D eigenvalue weighted by molar-refractivity contribution is 5.73. The van der Waals surface area contributed by atoms with Crippen molar-refractivity contribution >= 4 is 12.3 Å². The number of hydrogen-bond acceptors (Lipinski definition) is 5. The van der Waals surface area contributed by atoms with Gasteiger partial charge in [0, 0.05) is 6.54 Å². The van der Waals surface area contributed by atoms with Crippen molar-refractivity contribution in [3.05, 3.63) is 35.9 Å². The van der Waals surface area contributed by atoms with Gasteiger partial charge < -0.3 is 19.6 Å². The summed E-state index contributed by atoms with van der Waals surface area (Å²) in [6.45, 7) is 5.99. The Morgan fingerprint density at radius 2 is 2.00 bits per heavy atom. The highest BCUT2D eigenvalue weighted by Gasteiger charge is 2.21. The van der Waals surface area contributed by atoms with E-state index in [4.69, 9.17) is 14.7 Å². The highest BCUT2D eigenvalue weighted by Crippen LogP contribution is 2.09. The standard InChI is InChI=1S/C16H24N2O4/c1-16(2,3)22-15(20)18(11-12-19)10-9-17-21-13-14-7-5-4-6-8-14/h4-9,19H,10-13H2,1-3H3/b17-9+. The Labute approximate surface area is 131 Å². The van der Waals surface area contributed by atoms with Gasteiger partial charge in [0.15, 0.2) is 0 Å². The molecule has 6 nitrogen and oxygen atoms in total. The Morgan fingerprint density at radius 1 is 1.32 bits per heavy atom. The van der Waals surface area contributed by atoms with Crippen LogP contribution in [0.4, 0.5) is 4.79 Å². The van der Waals surface area contributed by atoms with Crippen LogP contribution in [-0.4, -0.2) is 47.6 Å². The number of carbonyl (C=O) groups excluding carboxylic acids is 1. The molecule has 0 heterocycles. The summed E-state index contributed by atoms with van der Waals surface area (Å²) in [4.78, 5) is 18.4. The van der Waals surface area contributed by atoms with E-state index in [-0.39, 0.29) is 19.7 Å². The van der Waals surface area contributed by atoms with E-state index >= 15 is 0 Å². The van der Waals surface area contributed by atoms with Crippen LogP contribution in [0.2, 0.25) is 0 Å². The molecule has 1 aromatic rings. The second-order valence-corrected chi connectivity index (χ2v) is 5.70. The number of aliphatic hydroxyl groups excluding tert-OH is 1. The molecule has 0 aliphatic rings. The highest BCUT2D eigenvalue weighted by atomic mass is 16.6. The van der Waals surface area contributed by atoms with Crippen molar-refractivity contribution in [2.75, 3.05) is 19.7 Å². The topological polar surface area (TPSA) is 71.4 Å². The normalized spacial score (nSPS) is 11.5. The molecule has 0 unspecified atom stereocenters. The number of oxime groups is 1. The molecule has 1 amide bonds. The van der Waals surface area contributed by atoms with Crippen LogP contribution >= 0.6 is 0 Å². The number of ether oxygens (including phenoxy) is 1. The van der Waals surface area contributed by atoms with Gasteiger partial charge in [-0.3, -0.25) is 0 Å². The van der Waals surface area contributed by atoms with E-state index < -0.39 is 11.7 Å². The predicted molar refractivity (Wildman–Crippen MR) is 84.6 cm³/mol. The van der Waals surface area contributed by atoms with Gasteiger partial charge in [0.25, 0.3) is 0 Å². The minimum Gasteiger partial charge on any atom is -0.444 e. The third-order valence-electron chi connectivity index (χ3n) is 2.55. The van der Waals surface area contributed by atoms with Gasteiger partial charge in [-0.2, -0.15) is 0 Å². The Morgan fingerprint density at radius 3 is 2.59 bits per heavy atom. The third kappa shape index (κ3) is 7.64. The van der Waals surface area contributed by atoms with E-state index in [1.165, 1.54) is 11.1 Å². The first-order valence-electron chi connectivity index (χ1n) is 7.19. The fourth-order valence-corrected chi connectivity index (χ4v) is 1.57. The molecular weight excluding hydrogens is 284 g/mol. The SMILES string of the molecule is CC(C)(C)OC(=O)N(C/C=N/OCc1ccccc1)CCO. The Hall–Kier alpha value is -2.08. The summed E-state index contributed by atoms with van der Waals surface area (Å²) in [6, 6.07) is 9.66. The summed E-state index contributed by atoms with van der Waals surface area (Å²) in [6.07, 6.45) is 0.985. The molecule has 6 heteroatoms. The van der Waals surface area contributed by atoms with Crippen molar-refractivity contribution in [1.82, 2.24) is 4.90 Å². The molecule has 1 aromatic carbocycles. The van der Waals surface area contributed by atoms with Gasteiger partial charge in [-0.15, -0.1) is 0 Å². The number of hydrogen-bond donors (Lipinski definition) is 1. The average molecular weight is 308 g/mol. The van der Waals surface area contributed by atoms with Crippen LogP contribution in [0, 0.1) is 0 Å². The molecule has 0 aromatic heterocycles. The van der Waals surface area contributed by atoms with Crippen molar-refractivity contribution in [2.24, 2.45) is 5.16 Å². The van der Waals surface area contributed by atoms with E-state index in [1.807, 2.05) is 30.3 Å². The molecule has 0 fully saturated rings. The minimum absolute atomic E-state index is 0.141. The second-order valence-electron chi connectivity index (χ2n) is 5.70. The lowest BCUT2D eigenvalue weighted by Crippen LogP contribution is -2.39. The fraction of sp³-hybridized carbons (Fsp3) is 0.500. The summed E-state index contributed by atoms with van der Waals surface area (Å²) < 4.78 is 5.25. The molecule has 22 heavy (non-hydrogen) atoms. The van der Waals surface area contributed by atoms with Gasteiger partial charge in [0.1, 0.15) is 12.2 Å². The summed E-state index contributed by atoms with van der Waals surface area (Å²) in [5, 5.41) is 12.8. The zero-order valence-corrected chi connectivity index (χ0v) is 13.4. The van der Waals surface area contributed by atoms with E-state index in [0.29, 0.717) is 6.61 Å². The largest absolute Gasteiger partial charge is 0.444 e. The molecule has 0 atom stereocenters. The first-order chi connectivity index (χ1) is 10.4. The lowest BCUT2D eigenvalue weighted by atomic mass is 10.2. The molecule has 0 aliphatic carbocycles. The molecule has 0 aliphatic heterocycles. The zero-order chi connectivity index (χ0) is 16.4. The number of benzene rings is 1. The molecule has 122 valence electrons. The van der Waals surface area contributed by atoms with Gasteiger partial charge in [-0.1, -0.05) is 35.5 Å². The summed E-state index contributed by atoms with van der Waals surface area (Å²) in [7, 11) is 0. The maximum absolute atomic E-state index is 11.9. The summed E-state index contributed by atoms with van der Waals surface area (Å²) in [5.41, 5.74) is 0.435. The monoisotopic (exact) mass is 308 g/mol. The van der Waals surface area contributed by atoms with Crippen molar-refractivity contribution < 1.29 is 19.5 Å². The van der Waals surface area contributed by atoms with Crippen LogP contribution < -0.4 is 0 Å². The third-order valence-corrected chi connectivity index (χ3v) is 2.55. The summed E-state index contributed by atoms with van der Waals surface area (Å²) >= 11 is 0. The lowest BCUT2D eigenvalue weighted by Gasteiger charge is -2.25. The quantitative estimate of drug-likeness (QED) is 0.620. The molecule has 1 N–H and O–H groups in total. The fourth-order valence-electron chi connectivity index (χ4n) is 1.57. The van der Waals surface area contributed by atoms with Crippen LogP contribution in [-0.2, 0) is 16.2 Å². The molecule has 0 radical (unpaired) electrons. The maximum Gasteiger partial charge on any atom is 0.410 e. The first kappa shape index (κ1) is 18.0. The van der Waals surface area contributed by atoms with Gasteiger partial charge in [-0.25, -0.2) is 4.79 Å². The number of nitrogens with zero attached hydrogens (tertiary/aromatic N) is 2. The van der Waals surface area contributed by atoms with Crippen molar-refractivity contribution in [1.29, 1.82) is 0 Å². The number of rotatable bonds is 7. The lowest BCUT2D eigenvalue weighted by molar-refractivity contribution is 0.0250. The van der Waals surface area contributed by atoms with E-state index in [2.05, 4.69) is 5.16 Å². The van der Waals surface area contributed by atoms with Gasteiger partial charge in [-0.05, 0) is 26.3 Å². The number of carbonyl (C=O) groups is 1. The van der Waals surface area contributed by atoms with Crippen LogP contribution in [0.25, 0.3) is 0 Å². The first-order valence-corrected chi connectivity index (χ1v) is 7.19. The second kappa shape index (κ2) is 9.04. The van der Waals surface area contributed by atoms with Gasteiger partial charge >= 0.3 is 6.09 Å². The minimum atomic E-state index is -0.578. The van der Waals surface area contributed by atoms with Gasteiger partial charge in [0.05, 0.1) is 19.4 Å². The predicted octanol–water partition coefficient (Wildman–Crippen LogP) is 2.42. The van der Waals surface area contributed by atoms with Crippen molar-refractivity contribution in [3.8, 4) is 0 Å².